The summed E-state index contributed by atoms with van der Waals surface area (Å²) in [4.78, 5) is 6.18. The molecule has 0 saturated carbocycles. The van der Waals surface area contributed by atoms with Crippen LogP contribution in [0.15, 0.2) is 17.4 Å². The summed E-state index contributed by atoms with van der Waals surface area (Å²) in [5.41, 5.74) is 8.00. The number of hydrogen-bond donors (Lipinski definition) is 2. The molecule has 0 spiro atoms. The molecule has 82 valence electrons. The second kappa shape index (κ2) is 4.63. The minimum absolute atomic E-state index is 0.107. The smallest absolute Gasteiger partial charge is 0.172 e. The van der Waals surface area contributed by atoms with E-state index in [1.807, 2.05) is 25.8 Å². The Bertz CT molecular complexity index is 376. The van der Waals surface area contributed by atoms with Crippen molar-refractivity contribution in [3.05, 3.63) is 23.5 Å². The molecule has 5 heteroatoms. The first-order valence-corrected chi connectivity index (χ1v) is 4.75. The van der Waals surface area contributed by atoms with E-state index < -0.39 is 0 Å². The Labute approximate surface area is 89.2 Å². The van der Waals surface area contributed by atoms with Crippen LogP contribution >= 0.6 is 0 Å². The average Bonchev–Trinajstić information content (AvgIpc) is 2.26. The maximum Gasteiger partial charge on any atom is 0.172 e. The summed E-state index contributed by atoms with van der Waals surface area (Å²) in [5.74, 6) is 0.107. The van der Waals surface area contributed by atoms with Gasteiger partial charge in [-0.05, 0) is 19.9 Å². The van der Waals surface area contributed by atoms with Crippen LogP contribution in [-0.4, -0.2) is 29.6 Å². The van der Waals surface area contributed by atoms with Crippen LogP contribution in [0, 0.1) is 6.92 Å². The maximum atomic E-state index is 8.68. The fourth-order valence-electron chi connectivity index (χ4n) is 1.29. The highest BCUT2D eigenvalue weighted by atomic mass is 16.4. The van der Waals surface area contributed by atoms with E-state index in [-0.39, 0.29) is 5.84 Å². The van der Waals surface area contributed by atoms with Crippen molar-refractivity contribution in [2.45, 2.75) is 13.8 Å². The van der Waals surface area contributed by atoms with E-state index in [1.54, 1.807) is 12.3 Å². The third-order valence-electron chi connectivity index (χ3n) is 2.29. The van der Waals surface area contributed by atoms with Crippen molar-refractivity contribution in [2.24, 2.45) is 10.9 Å². The molecule has 0 aromatic carbocycles. The Kier molecular flexibility index (Phi) is 3.49. The van der Waals surface area contributed by atoms with Gasteiger partial charge in [0.05, 0.1) is 11.9 Å². The zero-order chi connectivity index (χ0) is 11.4. The quantitative estimate of drug-likeness (QED) is 0.335. The van der Waals surface area contributed by atoms with Gasteiger partial charge in [0.2, 0.25) is 0 Å². The zero-order valence-corrected chi connectivity index (χ0v) is 9.23. The molecule has 0 amide bonds. The van der Waals surface area contributed by atoms with Crippen molar-refractivity contribution in [1.29, 1.82) is 0 Å². The first-order chi connectivity index (χ1) is 7.10. The van der Waals surface area contributed by atoms with Gasteiger partial charge in [-0.1, -0.05) is 5.16 Å². The fourth-order valence-corrected chi connectivity index (χ4v) is 1.29. The summed E-state index contributed by atoms with van der Waals surface area (Å²) in [6, 6.07) is 1.80. The molecule has 0 saturated heterocycles. The van der Waals surface area contributed by atoms with Crippen LogP contribution in [0.25, 0.3) is 0 Å². The number of aromatic nitrogens is 1. The van der Waals surface area contributed by atoms with Gasteiger partial charge < -0.3 is 15.8 Å². The van der Waals surface area contributed by atoms with E-state index in [2.05, 4.69) is 10.1 Å². The van der Waals surface area contributed by atoms with Gasteiger partial charge in [0.25, 0.3) is 0 Å². The van der Waals surface area contributed by atoms with Gasteiger partial charge in [-0.3, -0.25) is 4.98 Å². The average molecular weight is 208 g/mol. The molecule has 5 nitrogen and oxygen atoms in total. The molecule has 0 aliphatic carbocycles. The fraction of sp³-hybridized carbons (Fsp3) is 0.400. The molecule has 0 unspecified atom stereocenters. The molecule has 0 fully saturated rings. The van der Waals surface area contributed by atoms with Crippen LogP contribution in [0.1, 0.15) is 18.2 Å². The van der Waals surface area contributed by atoms with Gasteiger partial charge in [0.15, 0.2) is 5.84 Å². The predicted molar refractivity (Wildman–Crippen MR) is 60.4 cm³/mol. The SMILES string of the molecule is CCN(C)c1cnc(C)cc1C(N)=NO. The Morgan fingerprint density at radius 3 is 2.87 bits per heavy atom. The number of aryl methyl sites for hydroxylation is 1. The number of oxime groups is 1. The molecule has 1 heterocycles. The molecular weight excluding hydrogens is 192 g/mol. The van der Waals surface area contributed by atoms with Crippen LogP contribution in [0.3, 0.4) is 0 Å². The van der Waals surface area contributed by atoms with E-state index in [4.69, 9.17) is 10.9 Å². The Morgan fingerprint density at radius 2 is 2.33 bits per heavy atom. The highest BCUT2D eigenvalue weighted by molar-refractivity contribution is 6.02. The third-order valence-corrected chi connectivity index (χ3v) is 2.29. The molecule has 3 N–H and O–H groups in total. The number of hydrogen-bond acceptors (Lipinski definition) is 4. The van der Waals surface area contributed by atoms with Crippen LogP contribution < -0.4 is 10.6 Å². The largest absolute Gasteiger partial charge is 0.409 e. The monoisotopic (exact) mass is 208 g/mol. The zero-order valence-electron chi connectivity index (χ0n) is 9.23. The minimum Gasteiger partial charge on any atom is -0.409 e. The number of anilines is 1. The number of nitrogens with zero attached hydrogens (tertiary/aromatic N) is 3. The number of amidine groups is 1. The molecule has 15 heavy (non-hydrogen) atoms. The molecule has 0 aliphatic heterocycles. The molecule has 0 atom stereocenters. The predicted octanol–water partition coefficient (Wildman–Crippen LogP) is 0.941. The summed E-state index contributed by atoms with van der Waals surface area (Å²) >= 11 is 0. The lowest BCUT2D eigenvalue weighted by Gasteiger charge is -2.19. The highest BCUT2D eigenvalue weighted by Gasteiger charge is 2.10. The molecule has 0 aliphatic rings. The second-order valence-corrected chi connectivity index (χ2v) is 3.34. The normalized spacial score (nSPS) is 11.5. The summed E-state index contributed by atoms with van der Waals surface area (Å²) in [7, 11) is 1.93. The van der Waals surface area contributed by atoms with Crippen molar-refractivity contribution in [2.75, 3.05) is 18.5 Å². The first-order valence-electron chi connectivity index (χ1n) is 4.75. The maximum absolute atomic E-state index is 8.68. The Hall–Kier alpha value is -1.78. The Balaban J connectivity index is 3.26. The van der Waals surface area contributed by atoms with Crippen molar-refractivity contribution in [3.63, 3.8) is 0 Å². The minimum atomic E-state index is 0.107. The standard InChI is InChI=1S/C10H16N4O/c1-4-14(3)9-6-12-7(2)5-8(9)10(11)13-15/h5-6,15H,4H2,1-3H3,(H2,11,13). The summed E-state index contributed by atoms with van der Waals surface area (Å²) in [6.45, 7) is 4.72. The van der Waals surface area contributed by atoms with Gasteiger partial charge in [-0.15, -0.1) is 0 Å². The van der Waals surface area contributed by atoms with Crippen LogP contribution in [0.4, 0.5) is 5.69 Å². The molecule has 0 radical (unpaired) electrons. The summed E-state index contributed by atoms with van der Waals surface area (Å²) in [5, 5.41) is 11.7. The van der Waals surface area contributed by atoms with Gasteiger partial charge >= 0.3 is 0 Å². The summed E-state index contributed by atoms with van der Waals surface area (Å²) in [6.07, 6.45) is 1.73. The van der Waals surface area contributed by atoms with E-state index >= 15 is 0 Å². The van der Waals surface area contributed by atoms with E-state index in [9.17, 15) is 0 Å². The van der Waals surface area contributed by atoms with Crippen molar-refractivity contribution < 1.29 is 5.21 Å². The molecular formula is C10H16N4O. The lowest BCUT2D eigenvalue weighted by Crippen LogP contribution is -2.23. The van der Waals surface area contributed by atoms with Crippen molar-refractivity contribution in [3.8, 4) is 0 Å². The number of pyridine rings is 1. The number of rotatable bonds is 3. The molecule has 0 bridgehead atoms. The number of nitrogens with two attached hydrogens (primary N) is 1. The van der Waals surface area contributed by atoms with Gasteiger partial charge in [-0.25, -0.2) is 0 Å². The first kappa shape index (κ1) is 11.3. The van der Waals surface area contributed by atoms with Crippen molar-refractivity contribution in [1.82, 2.24) is 4.98 Å². The van der Waals surface area contributed by atoms with Crippen LogP contribution in [0.2, 0.25) is 0 Å². The molecule has 1 aromatic heterocycles. The third kappa shape index (κ3) is 2.37. The molecule has 1 rings (SSSR count). The second-order valence-electron chi connectivity index (χ2n) is 3.34. The van der Waals surface area contributed by atoms with E-state index in [0.717, 1.165) is 17.9 Å². The highest BCUT2D eigenvalue weighted by Crippen LogP contribution is 2.18. The van der Waals surface area contributed by atoms with Crippen LogP contribution in [0.5, 0.6) is 0 Å². The van der Waals surface area contributed by atoms with E-state index in [1.165, 1.54) is 0 Å². The summed E-state index contributed by atoms with van der Waals surface area (Å²) < 4.78 is 0. The van der Waals surface area contributed by atoms with Crippen molar-refractivity contribution >= 4 is 11.5 Å². The van der Waals surface area contributed by atoms with E-state index in [0.29, 0.717) is 5.56 Å². The topological polar surface area (TPSA) is 74.7 Å². The lowest BCUT2D eigenvalue weighted by molar-refractivity contribution is 0.318. The van der Waals surface area contributed by atoms with Gasteiger partial charge in [-0.2, -0.15) is 0 Å². The van der Waals surface area contributed by atoms with Gasteiger partial charge in [0.1, 0.15) is 0 Å². The Morgan fingerprint density at radius 1 is 1.67 bits per heavy atom. The van der Waals surface area contributed by atoms with Gasteiger partial charge in [0, 0.05) is 24.8 Å². The van der Waals surface area contributed by atoms with Crippen LogP contribution in [-0.2, 0) is 0 Å². The lowest BCUT2D eigenvalue weighted by atomic mass is 10.1. The molecule has 1 aromatic rings.